The van der Waals surface area contributed by atoms with E-state index in [-0.39, 0.29) is 17.9 Å². The molecule has 1 fully saturated rings. The van der Waals surface area contributed by atoms with Crippen molar-refractivity contribution in [2.24, 2.45) is 11.3 Å². The Morgan fingerprint density at radius 1 is 1.35 bits per heavy atom. The van der Waals surface area contributed by atoms with Crippen molar-refractivity contribution in [2.75, 3.05) is 20.2 Å². The third-order valence-corrected chi connectivity index (χ3v) is 2.76. The van der Waals surface area contributed by atoms with Crippen LogP contribution in [-0.4, -0.2) is 37.2 Å². The van der Waals surface area contributed by atoms with Gasteiger partial charge >= 0.3 is 11.9 Å². The zero-order valence-electron chi connectivity index (χ0n) is 11.0. The minimum absolute atomic E-state index is 0.209. The molecule has 0 radical (unpaired) electrons. The van der Waals surface area contributed by atoms with Gasteiger partial charge in [-0.1, -0.05) is 0 Å². The Balaban J connectivity index is 2.36. The second-order valence-corrected chi connectivity index (χ2v) is 5.45. The van der Waals surface area contributed by atoms with Crippen molar-refractivity contribution in [3.05, 3.63) is 0 Å². The third kappa shape index (κ3) is 4.34. The summed E-state index contributed by atoms with van der Waals surface area (Å²) in [5.41, 5.74) is -0.500. The Kier molecular flexibility index (Phi) is 4.51. The van der Waals surface area contributed by atoms with Crippen molar-refractivity contribution in [1.29, 1.82) is 0 Å². The van der Waals surface area contributed by atoms with Crippen LogP contribution in [-0.2, 0) is 19.2 Å². The van der Waals surface area contributed by atoms with Gasteiger partial charge in [-0.05, 0) is 33.1 Å². The van der Waals surface area contributed by atoms with Gasteiger partial charge in [0.25, 0.3) is 0 Å². The SMILES string of the molecule is COC(=O)C[C@H]1CCN(OC(=O)C(C)(C)C)C1. The van der Waals surface area contributed by atoms with E-state index in [0.29, 0.717) is 19.5 Å². The van der Waals surface area contributed by atoms with E-state index in [1.807, 2.05) is 20.8 Å². The lowest BCUT2D eigenvalue weighted by atomic mass is 9.98. The molecule has 0 aromatic heterocycles. The maximum atomic E-state index is 11.7. The fourth-order valence-electron chi connectivity index (χ4n) is 1.62. The number of hydroxylamine groups is 2. The molecule has 1 rings (SSSR count). The van der Waals surface area contributed by atoms with Crippen molar-refractivity contribution in [2.45, 2.75) is 33.6 Å². The summed E-state index contributed by atoms with van der Waals surface area (Å²) in [6.07, 6.45) is 1.24. The normalized spacial score (nSPS) is 21.3. The molecule has 0 bridgehead atoms. The van der Waals surface area contributed by atoms with Crippen molar-refractivity contribution in [1.82, 2.24) is 5.06 Å². The molecule has 1 saturated heterocycles. The molecule has 0 spiro atoms. The summed E-state index contributed by atoms with van der Waals surface area (Å²) in [5.74, 6) is -0.231. The van der Waals surface area contributed by atoms with Crippen LogP contribution in [0.2, 0.25) is 0 Å². The van der Waals surface area contributed by atoms with Gasteiger partial charge in [0.2, 0.25) is 0 Å². The number of carbonyl (C=O) groups excluding carboxylic acids is 2. The van der Waals surface area contributed by atoms with Crippen LogP contribution in [0.15, 0.2) is 0 Å². The smallest absolute Gasteiger partial charge is 0.330 e. The first-order valence-electron chi connectivity index (χ1n) is 5.87. The Hall–Kier alpha value is -1.10. The summed E-state index contributed by atoms with van der Waals surface area (Å²) in [4.78, 5) is 28.0. The molecule has 5 heteroatoms. The Morgan fingerprint density at radius 2 is 2.00 bits per heavy atom. The van der Waals surface area contributed by atoms with Gasteiger partial charge in [-0.25, -0.2) is 4.79 Å². The molecule has 1 heterocycles. The molecule has 0 aromatic carbocycles. The quantitative estimate of drug-likeness (QED) is 0.701. The molecular formula is C12H21NO4. The molecule has 0 aliphatic carbocycles. The van der Waals surface area contributed by atoms with Crippen molar-refractivity contribution in [3.63, 3.8) is 0 Å². The van der Waals surface area contributed by atoms with Gasteiger partial charge in [0.15, 0.2) is 0 Å². The number of methoxy groups -OCH3 is 1. The summed E-state index contributed by atoms with van der Waals surface area (Å²) < 4.78 is 4.62. The highest BCUT2D eigenvalue weighted by Gasteiger charge is 2.31. The molecule has 0 amide bonds. The maximum Gasteiger partial charge on any atom is 0.330 e. The van der Waals surface area contributed by atoms with E-state index in [1.165, 1.54) is 7.11 Å². The van der Waals surface area contributed by atoms with Crippen molar-refractivity contribution >= 4 is 11.9 Å². The van der Waals surface area contributed by atoms with Crippen LogP contribution < -0.4 is 0 Å². The standard InChI is InChI=1S/C12H21NO4/c1-12(2,3)11(15)17-13-6-5-9(8-13)7-10(14)16-4/h9H,5-8H2,1-4H3/t9-/m1/s1. The monoisotopic (exact) mass is 243 g/mol. The second-order valence-electron chi connectivity index (χ2n) is 5.45. The topological polar surface area (TPSA) is 55.8 Å². The van der Waals surface area contributed by atoms with Crippen molar-refractivity contribution in [3.8, 4) is 0 Å². The summed E-state index contributed by atoms with van der Waals surface area (Å²) in [6.45, 7) is 6.74. The maximum absolute atomic E-state index is 11.7. The van der Waals surface area contributed by atoms with Crippen LogP contribution in [0, 0.1) is 11.3 Å². The van der Waals surface area contributed by atoms with E-state index < -0.39 is 5.41 Å². The molecule has 0 aromatic rings. The van der Waals surface area contributed by atoms with Crippen LogP contribution in [0.5, 0.6) is 0 Å². The highest BCUT2D eigenvalue weighted by Crippen LogP contribution is 2.23. The molecule has 98 valence electrons. The van der Waals surface area contributed by atoms with Crippen LogP contribution in [0.3, 0.4) is 0 Å². The van der Waals surface area contributed by atoms with Gasteiger partial charge in [-0.15, -0.1) is 5.06 Å². The van der Waals surface area contributed by atoms with Gasteiger partial charge in [-0.2, -0.15) is 0 Å². The number of hydrogen-bond donors (Lipinski definition) is 0. The van der Waals surface area contributed by atoms with Gasteiger partial charge in [0.1, 0.15) is 0 Å². The first kappa shape index (κ1) is 14.0. The average molecular weight is 243 g/mol. The minimum Gasteiger partial charge on any atom is -0.469 e. The molecule has 0 unspecified atom stereocenters. The molecule has 1 atom stereocenters. The second kappa shape index (κ2) is 5.49. The number of nitrogens with zero attached hydrogens (tertiary/aromatic N) is 1. The van der Waals surface area contributed by atoms with Crippen LogP contribution >= 0.6 is 0 Å². The first-order chi connectivity index (χ1) is 7.82. The largest absolute Gasteiger partial charge is 0.469 e. The zero-order chi connectivity index (χ0) is 13.1. The number of esters is 1. The summed E-state index contributed by atoms with van der Waals surface area (Å²) >= 11 is 0. The fraction of sp³-hybridized carbons (Fsp3) is 0.833. The van der Waals surface area contributed by atoms with Gasteiger partial charge in [0.05, 0.1) is 12.5 Å². The lowest BCUT2D eigenvalue weighted by molar-refractivity contribution is -0.195. The van der Waals surface area contributed by atoms with E-state index in [0.717, 1.165) is 6.42 Å². The van der Waals surface area contributed by atoms with Gasteiger partial charge in [-0.3, -0.25) is 4.79 Å². The number of hydrogen-bond acceptors (Lipinski definition) is 5. The van der Waals surface area contributed by atoms with Gasteiger partial charge in [0, 0.05) is 19.5 Å². The Labute approximate surface area is 102 Å². The highest BCUT2D eigenvalue weighted by molar-refractivity contribution is 5.75. The lowest BCUT2D eigenvalue weighted by Crippen LogP contribution is -2.32. The summed E-state index contributed by atoms with van der Waals surface area (Å²) in [5, 5.41) is 1.64. The molecule has 1 aliphatic rings. The fourth-order valence-corrected chi connectivity index (χ4v) is 1.62. The van der Waals surface area contributed by atoms with Crippen molar-refractivity contribution < 1.29 is 19.2 Å². The molecule has 0 saturated carbocycles. The predicted octanol–water partition coefficient (Wildman–Crippen LogP) is 1.38. The van der Waals surface area contributed by atoms with E-state index in [4.69, 9.17) is 4.84 Å². The van der Waals surface area contributed by atoms with Gasteiger partial charge < -0.3 is 9.57 Å². The Morgan fingerprint density at radius 3 is 2.53 bits per heavy atom. The Bertz CT molecular complexity index is 295. The zero-order valence-corrected chi connectivity index (χ0v) is 11.0. The predicted molar refractivity (Wildman–Crippen MR) is 61.9 cm³/mol. The van der Waals surface area contributed by atoms with Crippen LogP contribution in [0.4, 0.5) is 0 Å². The first-order valence-corrected chi connectivity index (χ1v) is 5.87. The highest BCUT2D eigenvalue weighted by atomic mass is 16.7. The van der Waals surface area contributed by atoms with Crippen LogP contribution in [0.1, 0.15) is 33.6 Å². The van der Waals surface area contributed by atoms with Crippen LogP contribution in [0.25, 0.3) is 0 Å². The van der Waals surface area contributed by atoms with E-state index in [2.05, 4.69) is 4.74 Å². The number of rotatable bonds is 3. The average Bonchev–Trinajstić information content (AvgIpc) is 2.64. The third-order valence-electron chi connectivity index (χ3n) is 2.76. The molecule has 5 nitrogen and oxygen atoms in total. The minimum atomic E-state index is -0.500. The molecule has 1 aliphatic heterocycles. The lowest BCUT2D eigenvalue weighted by Gasteiger charge is -2.21. The number of carbonyl (C=O) groups is 2. The molecule has 17 heavy (non-hydrogen) atoms. The van der Waals surface area contributed by atoms with E-state index in [9.17, 15) is 9.59 Å². The van der Waals surface area contributed by atoms with E-state index >= 15 is 0 Å². The molecule has 0 N–H and O–H groups in total. The molecular weight excluding hydrogens is 222 g/mol. The number of ether oxygens (including phenoxy) is 1. The summed E-state index contributed by atoms with van der Waals surface area (Å²) in [6, 6.07) is 0. The van der Waals surface area contributed by atoms with E-state index in [1.54, 1.807) is 5.06 Å². The summed E-state index contributed by atoms with van der Waals surface area (Å²) in [7, 11) is 1.38.